The van der Waals surface area contributed by atoms with Crippen molar-refractivity contribution in [3.05, 3.63) is 28.7 Å². The number of rotatable bonds is 4. The minimum absolute atomic E-state index is 0.348. The molecule has 13 heavy (non-hydrogen) atoms. The fraction of sp³-hybridized carbons (Fsp3) is 0.455. The van der Waals surface area contributed by atoms with Crippen molar-refractivity contribution >= 4 is 15.9 Å². The Morgan fingerprint density at radius 2 is 1.69 bits per heavy atom. The van der Waals surface area contributed by atoms with Crippen LogP contribution in [0.15, 0.2) is 28.7 Å². The van der Waals surface area contributed by atoms with Gasteiger partial charge in [-0.3, -0.25) is 0 Å². The molecule has 1 aromatic carbocycles. The Morgan fingerprint density at radius 1 is 1.15 bits per heavy atom. The topological polar surface area (TPSA) is 9.23 Å². The van der Waals surface area contributed by atoms with Gasteiger partial charge in [0.15, 0.2) is 0 Å². The standard InChI is InChI=1S/C11H15BrO/c1-3-10(4-2)13-11-7-5-9(12)6-8-11/h5-8,10H,3-4H2,1-2H3. The molecule has 0 aromatic heterocycles. The van der Waals surface area contributed by atoms with Crippen LogP contribution in [0, 0.1) is 0 Å². The molecule has 2 heteroatoms. The van der Waals surface area contributed by atoms with Gasteiger partial charge in [-0.15, -0.1) is 0 Å². The highest BCUT2D eigenvalue weighted by Gasteiger charge is 2.03. The Hall–Kier alpha value is -0.500. The van der Waals surface area contributed by atoms with E-state index < -0.39 is 0 Å². The van der Waals surface area contributed by atoms with Crippen LogP contribution in [0.3, 0.4) is 0 Å². The summed E-state index contributed by atoms with van der Waals surface area (Å²) in [5.41, 5.74) is 0. The summed E-state index contributed by atoms with van der Waals surface area (Å²) in [6.45, 7) is 4.29. The summed E-state index contributed by atoms with van der Waals surface area (Å²) in [6.07, 6.45) is 2.47. The van der Waals surface area contributed by atoms with Gasteiger partial charge in [0.2, 0.25) is 0 Å². The molecule has 1 rings (SSSR count). The van der Waals surface area contributed by atoms with Crippen molar-refractivity contribution in [3.63, 3.8) is 0 Å². The molecule has 72 valence electrons. The van der Waals surface area contributed by atoms with Crippen LogP contribution in [-0.2, 0) is 0 Å². The molecule has 0 saturated carbocycles. The van der Waals surface area contributed by atoms with E-state index in [4.69, 9.17) is 4.74 Å². The van der Waals surface area contributed by atoms with E-state index in [0.717, 1.165) is 23.1 Å². The largest absolute Gasteiger partial charge is 0.490 e. The molecule has 0 bridgehead atoms. The summed E-state index contributed by atoms with van der Waals surface area (Å²) in [6, 6.07) is 7.97. The van der Waals surface area contributed by atoms with E-state index in [1.807, 2.05) is 24.3 Å². The van der Waals surface area contributed by atoms with Gasteiger partial charge in [0.05, 0.1) is 6.10 Å². The molecule has 1 nitrogen and oxygen atoms in total. The molecule has 0 amide bonds. The molecule has 0 aliphatic carbocycles. The predicted molar refractivity (Wildman–Crippen MR) is 59.1 cm³/mol. The minimum atomic E-state index is 0.348. The highest BCUT2D eigenvalue weighted by atomic mass is 79.9. The van der Waals surface area contributed by atoms with Crippen LogP contribution in [-0.4, -0.2) is 6.10 Å². The van der Waals surface area contributed by atoms with E-state index in [2.05, 4.69) is 29.8 Å². The number of hydrogen-bond donors (Lipinski definition) is 0. The zero-order chi connectivity index (χ0) is 9.68. The fourth-order valence-electron chi connectivity index (χ4n) is 1.16. The van der Waals surface area contributed by atoms with Gasteiger partial charge in [-0.2, -0.15) is 0 Å². The van der Waals surface area contributed by atoms with E-state index in [1.165, 1.54) is 0 Å². The highest BCUT2D eigenvalue weighted by Crippen LogP contribution is 2.18. The van der Waals surface area contributed by atoms with Crippen LogP contribution in [0.2, 0.25) is 0 Å². The Labute approximate surface area is 88.2 Å². The van der Waals surface area contributed by atoms with Gasteiger partial charge >= 0.3 is 0 Å². The Balaban J connectivity index is 2.58. The predicted octanol–water partition coefficient (Wildman–Crippen LogP) is 4.02. The highest BCUT2D eigenvalue weighted by molar-refractivity contribution is 9.10. The van der Waals surface area contributed by atoms with Gasteiger partial charge < -0.3 is 4.74 Å². The van der Waals surface area contributed by atoms with Gasteiger partial charge in [-0.05, 0) is 37.1 Å². The van der Waals surface area contributed by atoms with E-state index >= 15 is 0 Å². The van der Waals surface area contributed by atoms with Crippen LogP contribution < -0.4 is 4.74 Å². The SMILES string of the molecule is CCC(CC)Oc1ccc(Br)cc1. The Kier molecular flexibility index (Phi) is 4.29. The number of ether oxygens (including phenoxy) is 1. The summed E-state index contributed by atoms with van der Waals surface area (Å²) in [5, 5.41) is 0. The van der Waals surface area contributed by atoms with Gasteiger partial charge in [0.25, 0.3) is 0 Å². The van der Waals surface area contributed by atoms with Crippen molar-refractivity contribution in [2.75, 3.05) is 0 Å². The molecular weight excluding hydrogens is 228 g/mol. The van der Waals surface area contributed by atoms with Crippen LogP contribution in [0.4, 0.5) is 0 Å². The third-order valence-corrected chi connectivity index (χ3v) is 2.56. The van der Waals surface area contributed by atoms with Gasteiger partial charge in [0, 0.05) is 4.47 Å². The second-order valence-corrected chi connectivity index (χ2v) is 3.93. The Bertz CT molecular complexity index is 239. The molecule has 0 fully saturated rings. The maximum Gasteiger partial charge on any atom is 0.119 e. The maximum atomic E-state index is 5.75. The van der Waals surface area contributed by atoms with E-state index in [9.17, 15) is 0 Å². The van der Waals surface area contributed by atoms with Gasteiger partial charge in [-0.1, -0.05) is 29.8 Å². The number of halogens is 1. The molecule has 1 aromatic rings. The van der Waals surface area contributed by atoms with Crippen molar-refractivity contribution in [1.29, 1.82) is 0 Å². The first-order chi connectivity index (χ1) is 6.26. The molecule has 0 unspecified atom stereocenters. The first-order valence-electron chi connectivity index (χ1n) is 4.68. The second-order valence-electron chi connectivity index (χ2n) is 3.01. The zero-order valence-corrected chi connectivity index (χ0v) is 9.67. The monoisotopic (exact) mass is 242 g/mol. The van der Waals surface area contributed by atoms with Crippen molar-refractivity contribution in [3.8, 4) is 5.75 Å². The van der Waals surface area contributed by atoms with Crippen molar-refractivity contribution in [2.45, 2.75) is 32.8 Å². The summed E-state index contributed by atoms with van der Waals surface area (Å²) in [4.78, 5) is 0. The summed E-state index contributed by atoms with van der Waals surface area (Å²) in [7, 11) is 0. The molecular formula is C11H15BrO. The molecule has 0 atom stereocenters. The first kappa shape index (κ1) is 10.6. The summed E-state index contributed by atoms with van der Waals surface area (Å²) in [5.74, 6) is 0.955. The lowest BCUT2D eigenvalue weighted by molar-refractivity contribution is 0.193. The fourth-order valence-corrected chi connectivity index (χ4v) is 1.43. The normalized spacial score (nSPS) is 10.5. The molecule has 0 saturated heterocycles. The number of hydrogen-bond acceptors (Lipinski definition) is 1. The Morgan fingerprint density at radius 3 is 2.15 bits per heavy atom. The average molecular weight is 243 g/mol. The van der Waals surface area contributed by atoms with Crippen LogP contribution in [0.5, 0.6) is 5.75 Å². The zero-order valence-electron chi connectivity index (χ0n) is 8.09. The smallest absolute Gasteiger partial charge is 0.119 e. The molecule has 0 radical (unpaired) electrons. The molecule has 0 N–H and O–H groups in total. The maximum absolute atomic E-state index is 5.75. The van der Waals surface area contributed by atoms with E-state index in [1.54, 1.807) is 0 Å². The lowest BCUT2D eigenvalue weighted by Crippen LogP contribution is -2.13. The molecule has 0 spiro atoms. The second kappa shape index (κ2) is 5.28. The van der Waals surface area contributed by atoms with Gasteiger partial charge in [0.1, 0.15) is 5.75 Å². The quantitative estimate of drug-likeness (QED) is 0.776. The third-order valence-electron chi connectivity index (χ3n) is 2.03. The van der Waals surface area contributed by atoms with Gasteiger partial charge in [-0.25, -0.2) is 0 Å². The minimum Gasteiger partial charge on any atom is -0.490 e. The first-order valence-corrected chi connectivity index (χ1v) is 5.47. The molecule has 0 aliphatic rings. The molecule has 0 heterocycles. The van der Waals surface area contributed by atoms with Crippen molar-refractivity contribution < 1.29 is 4.74 Å². The van der Waals surface area contributed by atoms with E-state index in [-0.39, 0.29) is 0 Å². The third kappa shape index (κ3) is 3.39. The van der Waals surface area contributed by atoms with Crippen molar-refractivity contribution in [1.82, 2.24) is 0 Å². The number of benzene rings is 1. The molecule has 0 aliphatic heterocycles. The lowest BCUT2D eigenvalue weighted by Gasteiger charge is -2.15. The van der Waals surface area contributed by atoms with Crippen molar-refractivity contribution in [2.24, 2.45) is 0 Å². The summed E-state index contributed by atoms with van der Waals surface area (Å²) < 4.78 is 6.83. The van der Waals surface area contributed by atoms with Crippen LogP contribution >= 0.6 is 15.9 Å². The summed E-state index contributed by atoms with van der Waals surface area (Å²) >= 11 is 3.39. The average Bonchev–Trinajstić information content (AvgIpc) is 2.17. The van der Waals surface area contributed by atoms with E-state index in [0.29, 0.717) is 6.10 Å². The lowest BCUT2D eigenvalue weighted by atomic mass is 10.2. The van der Waals surface area contributed by atoms with Crippen LogP contribution in [0.1, 0.15) is 26.7 Å². The van der Waals surface area contributed by atoms with Crippen LogP contribution in [0.25, 0.3) is 0 Å².